The first-order chi connectivity index (χ1) is 4.97. The van der Waals surface area contributed by atoms with Gasteiger partial charge in [0.1, 0.15) is 6.61 Å². The van der Waals surface area contributed by atoms with Crippen molar-refractivity contribution in [1.82, 2.24) is 0 Å². The van der Waals surface area contributed by atoms with Crippen LogP contribution in [-0.4, -0.2) is 19.0 Å². The Morgan fingerprint density at radius 3 is 3.20 bits per heavy atom. The van der Waals surface area contributed by atoms with Crippen LogP contribution < -0.4 is 0 Å². The number of hydrogen-bond acceptors (Lipinski definition) is 3. The number of rotatable bonds is 1. The van der Waals surface area contributed by atoms with Crippen LogP contribution in [0.1, 0.15) is 4.88 Å². The Balaban J connectivity index is 2.28. The fourth-order valence-electron chi connectivity index (χ4n) is 0.884. The third-order valence-corrected chi connectivity index (χ3v) is 2.18. The third-order valence-electron chi connectivity index (χ3n) is 1.32. The van der Waals surface area contributed by atoms with Crippen molar-refractivity contribution in [1.29, 1.82) is 0 Å². The van der Waals surface area contributed by atoms with E-state index in [0.29, 0.717) is 0 Å². The number of nitrogens with zero attached hydrogens (tertiary/aromatic N) is 1. The van der Waals surface area contributed by atoms with Gasteiger partial charge in [0.15, 0.2) is 0 Å². The normalized spacial score (nSPS) is 16.6. The predicted molar refractivity (Wildman–Crippen MR) is 41.7 cm³/mol. The maximum atomic E-state index is 5.26. The van der Waals surface area contributed by atoms with Gasteiger partial charge >= 0.3 is 0 Å². The lowest BCUT2D eigenvalue weighted by molar-refractivity contribution is 0.349. The molecule has 1 aliphatic heterocycles. The zero-order valence-electron chi connectivity index (χ0n) is 5.41. The molecule has 10 heavy (non-hydrogen) atoms. The molecule has 0 aliphatic carbocycles. The molecule has 0 aromatic carbocycles. The molecule has 0 atom stereocenters. The zero-order valence-corrected chi connectivity index (χ0v) is 6.23. The van der Waals surface area contributed by atoms with Crippen LogP contribution in [0, 0.1) is 0 Å². The van der Waals surface area contributed by atoms with E-state index in [1.165, 1.54) is 0 Å². The Morgan fingerprint density at radius 1 is 1.60 bits per heavy atom. The Hall–Kier alpha value is -0.830. The van der Waals surface area contributed by atoms with Crippen LogP contribution in [0.25, 0.3) is 0 Å². The number of aliphatic imine (C=N–C) groups is 1. The highest BCUT2D eigenvalue weighted by atomic mass is 32.1. The quantitative estimate of drug-likeness (QED) is 0.599. The van der Waals surface area contributed by atoms with Crippen molar-refractivity contribution in [3.05, 3.63) is 22.4 Å². The van der Waals surface area contributed by atoms with Gasteiger partial charge in [-0.1, -0.05) is 6.07 Å². The molecule has 52 valence electrons. The number of ether oxygens (including phenoxy) is 1. The van der Waals surface area contributed by atoms with Crippen LogP contribution in [0.4, 0.5) is 0 Å². The summed E-state index contributed by atoms with van der Waals surface area (Å²) in [5.74, 6) is 0.815. The number of thiophene rings is 1. The van der Waals surface area contributed by atoms with Crippen molar-refractivity contribution in [2.24, 2.45) is 4.99 Å². The molecule has 0 fully saturated rings. The highest BCUT2D eigenvalue weighted by Gasteiger charge is 2.09. The minimum absolute atomic E-state index is 0.743. The first-order valence-corrected chi connectivity index (χ1v) is 4.06. The largest absolute Gasteiger partial charge is 0.475 e. The van der Waals surface area contributed by atoms with E-state index < -0.39 is 0 Å². The standard InChI is InChI=1S/C7H7NOS/c1-2-6(10-5-1)7-8-3-4-9-7/h1-2,5H,3-4H2. The van der Waals surface area contributed by atoms with Crippen molar-refractivity contribution in [3.63, 3.8) is 0 Å². The molecule has 0 bridgehead atoms. The topological polar surface area (TPSA) is 21.6 Å². The lowest BCUT2D eigenvalue weighted by Gasteiger charge is -1.94. The summed E-state index contributed by atoms with van der Waals surface area (Å²) in [5, 5.41) is 2.03. The highest BCUT2D eigenvalue weighted by molar-refractivity contribution is 7.12. The summed E-state index contributed by atoms with van der Waals surface area (Å²) in [5.41, 5.74) is 0. The summed E-state index contributed by atoms with van der Waals surface area (Å²) in [6.45, 7) is 1.56. The van der Waals surface area contributed by atoms with Gasteiger partial charge in [0.2, 0.25) is 5.90 Å². The lowest BCUT2D eigenvalue weighted by atomic mass is 10.5. The fourth-order valence-corrected chi connectivity index (χ4v) is 1.57. The summed E-state index contributed by atoms with van der Waals surface area (Å²) >= 11 is 1.66. The van der Waals surface area contributed by atoms with Crippen molar-refractivity contribution in [3.8, 4) is 0 Å². The van der Waals surface area contributed by atoms with Gasteiger partial charge in [-0.05, 0) is 11.4 Å². The third kappa shape index (κ3) is 0.926. The van der Waals surface area contributed by atoms with Crippen LogP contribution in [0.15, 0.2) is 22.5 Å². The molecule has 0 unspecified atom stereocenters. The molecule has 1 aromatic heterocycles. The molecule has 0 amide bonds. The van der Waals surface area contributed by atoms with E-state index in [1.807, 2.05) is 17.5 Å². The van der Waals surface area contributed by atoms with Crippen LogP contribution in [0.2, 0.25) is 0 Å². The van der Waals surface area contributed by atoms with Crippen LogP contribution in [-0.2, 0) is 4.74 Å². The monoisotopic (exact) mass is 153 g/mol. The Bertz CT molecular complexity index is 240. The first-order valence-electron chi connectivity index (χ1n) is 3.18. The van der Waals surface area contributed by atoms with Gasteiger partial charge in [-0.15, -0.1) is 11.3 Å². The highest BCUT2D eigenvalue weighted by Crippen LogP contribution is 2.13. The molecule has 0 spiro atoms. The van der Waals surface area contributed by atoms with E-state index in [-0.39, 0.29) is 0 Å². The van der Waals surface area contributed by atoms with E-state index in [0.717, 1.165) is 23.9 Å². The molecular weight excluding hydrogens is 146 g/mol. The van der Waals surface area contributed by atoms with E-state index in [2.05, 4.69) is 4.99 Å². The summed E-state index contributed by atoms with van der Waals surface area (Å²) in [4.78, 5) is 5.32. The molecule has 2 rings (SSSR count). The Labute approximate surface area is 63.2 Å². The second kappa shape index (κ2) is 2.42. The lowest BCUT2D eigenvalue weighted by Crippen LogP contribution is -1.96. The van der Waals surface area contributed by atoms with Crippen molar-refractivity contribution >= 4 is 17.2 Å². The van der Waals surface area contributed by atoms with Gasteiger partial charge in [-0.2, -0.15) is 0 Å². The second-order valence-electron chi connectivity index (χ2n) is 2.01. The Morgan fingerprint density at radius 2 is 2.60 bits per heavy atom. The maximum absolute atomic E-state index is 5.26. The zero-order chi connectivity index (χ0) is 6.81. The van der Waals surface area contributed by atoms with Crippen molar-refractivity contribution in [2.45, 2.75) is 0 Å². The number of hydrogen-bond donors (Lipinski definition) is 0. The van der Waals surface area contributed by atoms with Gasteiger partial charge in [0.25, 0.3) is 0 Å². The minimum Gasteiger partial charge on any atom is -0.475 e. The molecule has 0 radical (unpaired) electrons. The van der Waals surface area contributed by atoms with Gasteiger partial charge in [0.05, 0.1) is 11.4 Å². The first kappa shape index (κ1) is 5.92. The summed E-state index contributed by atoms with van der Waals surface area (Å²) in [6, 6.07) is 4.03. The molecule has 2 nitrogen and oxygen atoms in total. The molecule has 1 aromatic rings. The van der Waals surface area contributed by atoms with Gasteiger partial charge in [0, 0.05) is 0 Å². The minimum atomic E-state index is 0.743. The second-order valence-corrected chi connectivity index (χ2v) is 2.96. The molecule has 0 saturated heterocycles. The predicted octanol–water partition coefficient (Wildman–Crippen LogP) is 1.52. The van der Waals surface area contributed by atoms with E-state index >= 15 is 0 Å². The fraction of sp³-hybridized carbons (Fsp3) is 0.286. The SMILES string of the molecule is c1csc(C2=NCCO2)c1. The van der Waals surface area contributed by atoms with Crippen LogP contribution >= 0.6 is 11.3 Å². The molecule has 3 heteroatoms. The summed E-state index contributed by atoms with van der Waals surface area (Å²) < 4.78 is 5.26. The smallest absolute Gasteiger partial charge is 0.226 e. The van der Waals surface area contributed by atoms with Crippen LogP contribution in [0.5, 0.6) is 0 Å². The summed E-state index contributed by atoms with van der Waals surface area (Å²) in [6.07, 6.45) is 0. The van der Waals surface area contributed by atoms with Gasteiger partial charge in [-0.25, -0.2) is 4.99 Å². The average molecular weight is 153 g/mol. The van der Waals surface area contributed by atoms with Crippen molar-refractivity contribution in [2.75, 3.05) is 13.2 Å². The molecule has 0 N–H and O–H groups in total. The molecular formula is C7H7NOS. The van der Waals surface area contributed by atoms with Gasteiger partial charge < -0.3 is 4.74 Å². The molecule has 2 heterocycles. The average Bonchev–Trinajstić information content (AvgIpc) is 2.59. The van der Waals surface area contributed by atoms with Gasteiger partial charge in [-0.3, -0.25) is 0 Å². The maximum Gasteiger partial charge on any atom is 0.226 e. The summed E-state index contributed by atoms with van der Waals surface area (Å²) in [7, 11) is 0. The van der Waals surface area contributed by atoms with E-state index in [9.17, 15) is 0 Å². The van der Waals surface area contributed by atoms with E-state index in [1.54, 1.807) is 11.3 Å². The van der Waals surface area contributed by atoms with E-state index in [4.69, 9.17) is 4.74 Å². The van der Waals surface area contributed by atoms with Crippen molar-refractivity contribution < 1.29 is 4.74 Å². The van der Waals surface area contributed by atoms with Crippen LogP contribution in [0.3, 0.4) is 0 Å². The Kier molecular flexibility index (Phi) is 1.43. The molecule has 0 saturated carbocycles. The molecule has 1 aliphatic rings.